The van der Waals surface area contributed by atoms with Crippen molar-refractivity contribution < 1.29 is 9.84 Å². The second-order valence-corrected chi connectivity index (χ2v) is 6.33. The predicted molar refractivity (Wildman–Crippen MR) is 71.2 cm³/mol. The Morgan fingerprint density at radius 2 is 2.12 bits per heavy atom. The quantitative estimate of drug-likeness (QED) is 0.753. The SMILES string of the molecule is CCC(C)(C)OC1CCC(CO)(NC(C)C)C1. The Morgan fingerprint density at radius 3 is 2.59 bits per heavy atom. The van der Waals surface area contributed by atoms with E-state index in [4.69, 9.17) is 4.74 Å². The molecule has 2 unspecified atom stereocenters. The third kappa shape index (κ3) is 4.23. The lowest BCUT2D eigenvalue weighted by molar-refractivity contribution is -0.0737. The summed E-state index contributed by atoms with van der Waals surface area (Å²) in [5, 5.41) is 13.1. The lowest BCUT2D eigenvalue weighted by Gasteiger charge is -2.32. The van der Waals surface area contributed by atoms with Gasteiger partial charge in [0.05, 0.1) is 18.3 Å². The Bertz CT molecular complexity index is 240. The van der Waals surface area contributed by atoms with Crippen molar-refractivity contribution in [3.63, 3.8) is 0 Å². The standard InChI is InChI=1S/C14H29NO2/c1-6-13(4,5)17-12-7-8-14(9-12,10-16)15-11(2)3/h11-12,15-16H,6-10H2,1-5H3. The smallest absolute Gasteiger partial charge is 0.0627 e. The fourth-order valence-corrected chi connectivity index (χ4v) is 2.65. The molecular formula is C14H29NO2. The van der Waals surface area contributed by atoms with Crippen LogP contribution in [0, 0.1) is 0 Å². The van der Waals surface area contributed by atoms with E-state index in [1.165, 1.54) is 0 Å². The molecule has 0 bridgehead atoms. The van der Waals surface area contributed by atoms with Crippen LogP contribution >= 0.6 is 0 Å². The molecule has 0 aromatic rings. The van der Waals surface area contributed by atoms with E-state index in [1.807, 2.05) is 0 Å². The molecule has 17 heavy (non-hydrogen) atoms. The molecule has 0 aliphatic heterocycles. The van der Waals surface area contributed by atoms with Crippen LogP contribution in [-0.4, -0.2) is 35.0 Å². The van der Waals surface area contributed by atoms with Gasteiger partial charge in [-0.2, -0.15) is 0 Å². The van der Waals surface area contributed by atoms with Gasteiger partial charge >= 0.3 is 0 Å². The van der Waals surface area contributed by atoms with E-state index in [9.17, 15) is 5.11 Å². The van der Waals surface area contributed by atoms with Crippen molar-refractivity contribution in [2.75, 3.05) is 6.61 Å². The van der Waals surface area contributed by atoms with Gasteiger partial charge in [0.2, 0.25) is 0 Å². The van der Waals surface area contributed by atoms with Gasteiger partial charge in [-0.15, -0.1) is 0 Å². The molecule has 0 aromatic carbocycles. The fourth-order valence-electron chi connectivity index (χ4n) is 2.65. The van der Waals surface area contributed by atoms with Gasteiger partial charge in [0.1, 0.15) is 0 Å². The number of aliphatic hydroxyl groups excluding tert-OH is 1. The highest BCUT2D eigenvalue weighted by Gasteiger charge is 2.40. The molecule has 2 atom stereocenters. The second-order valence-electron chi connectivity index (χ2n) is 6.33. The molecule has 0 saturated heterocycles. The monoisotopic (exact) mass is 243 g/mol. The van der Waals surface area contributed by atoms with Gasteiger partial charge in [-0.05, 0) is 39.5 Å². The number of aliphatic hydroxyl groups is 1. The molecule has 1 rings (SSSR count). The van der Waals surface area contributed by atoms with Crippen molar-refractivity contribution in [1.82, 2.24) is 5.32 Å². The minimum Gasteiger partial charge on any atom is -0.394 e. The predicted octanol–water partition coefficient (Wildman–Crippen LogP) is 2.47. The minimum atomic E-state index is -0.122. The highest BCUT2D eigenvalue weighted by molar-refractivity contribution is 4.98. The maximum absolute atomic E-state index is 9.62. The maximum Gasteiger partial charge on any atom is 0.0627 e. The van der Waals surface area contributed by atoms with Gasteiger partial charge in [0.15, 0.2) is 0 Å². The van der Waals surface area contributed by atoms with Crippen molar-refractivity contribution in [2.24, 2.45) is 0 Å². The number of hydrogen-bond donors (Lipinski definition) is 2. The van der Waals surface area contributed by atoms with E-state index >= 15 is 0 Å². The summed E-state index contributed by atoms with van der Waals surface area (Å²) in [6, 6.07) is 0.403. The number of rotatable bonds is 6. The summed E-state index contributed by atoms with van der Waals surface area (Å²) in [5.74, 6) is 0. The van der Waals surface area contributed by atoms with Crippen LogP contribution in [0.15, 0.2) is 0 Å². The van der Waals surface area contributed by atoms with Gasteiger partial charge in [-0.3, -0.25) is 0 Å². The molecule has 0 amide bonds. The molecule has 3 heteroatoms. The fraction of sp³-hybridized carbons (Fsp3) is 1.00. The Balaban J connectivity index is 2.55. The molecule has 1 saturated carbocycles. The first-order chi connectivity index (χ1) is 7.82. The third-order valence-corrected chi connectivity index (χ3v) is 3.80. The normalized spacial score (nSPS) is 30.2. The average molecular weight is 243 g/mol. The van der Waals surface area contributed by atoms with E-state index in [0.717, 1.165) is 25.7 Å². The summed E-state index contributed by atoms with van der Waals surface area (Å²) in [7, 11) is 0. The van der Waals surface area contributed by atoms with Crippen LogP contribution in [-0.2, 0) is 4.74 Å². The zero-order valence-corrected chi connectivity index (χ0v) is 12.0. The highest BCUT2D eigenvalue weighted by atomic mass is 16.5. The minimum absolute atomic E-state index is 0.0476. The largest absolute Gasteiger partial charge is 0.394 e. The molecule has 0 spiro atoms. The van der Waals surface area contributed by atoms with Crippen LogP contribution in [0.4, 0.5) is 0 Å². The van der Waals surface area contributed by atoms with E-state index in [1.54, 1.807) is 0 Å². The van der Waals surface area contributed by atoms with Gasteiger partial charge in [0.25, 0.3) is 0 Å². The molecule has 1 aliphatic carbocycles. The number of hydrogen-bond acceptors (Lipinski definition) is 3. The van der Waals surface area contributed by atoms with Crippen LogP contribution < -0.4 is 5.32 Å². The summed E-state index contributed by atoms with van der Waals surface area (Å²) in [6.07, 6.45) is 4.28. The molecule has 3 nitrogen and oxygen atoms in total. The Labute approximate surface area is 106 Å². The summed E-state index contributed by atoms with van der Waals surface area (Å²) in [4.78, 5) is 0. The molecule has 2 N–H and O–H groups in total. The summed E-state index contributed by atoms with van der Waals surface area (Å²) in [6.45, 7) is 10.9. The van der Waals surface area contributed by atoms with Gasteiger partial charge in [-0.1, -0.05) is 20.8 Å². The summed E-state index contributed by atoms with van der Waals surface area (Å²) < 4.78 is 6.14. The first-order valence-electron chi connectivity index (χ1n) is 6.89. The first-order valence-corrected chi connectivity index (χ1v) is 6.89. The molecule has 102 valence electrons. The van der Waals surface area contributed by atoms with Crippen molar-refractivity contribution in [2.45, 2.75) is 83.6 Å². The summed E-state index contributed by atoms with van der Waals surface area (Å²) >= 11 is 0. The van der Waals surface area contributed by atoms with E-state index in [-0.39, 0.29) is 23.9 Å². The van der Waals surface area contributed by atoms with Crippen molar-refractivity contribution >= 4 is 0 Å². The van der Waals surface area contributed by atoms with Gasteiger partial charge in [-0.25, -0.2) is 0 Å². The van der Waals surface area contributed by atoms with Crippen LogP contribution in [0.1, 0.15) is 60.3 Å². The topological polar surface area (TPSA) is 41.5 Å². The van der Waals surface area contributed by atoms with Crippen LogP contribution in [0.25, 0.3) is 0 Å². The van der Waals surface area contributed by atoms with E-state index < -0.39 is 0 Å². The van der Waals surface area contributed by atoms with Crippen molar-refractivity contribution in [1.29, 1.82) is 0 Å². The molecule has 1 fully saturated rings. The second kappa shape index (κ2) is 5.68. The van der Waals surface area contributed by atoms with E-state index in [2.05, 4.69) is 39.9 Å². The lowest BCUT2D eigenvalue weighted by Crippen LogP contribution is -2.50. The van der Waals surface area contributed by atoms with Crippen molar-refractivity contribution in [3.8, 4) is 0 Å². The molecule has 1 aliphatic rings. The molecular weight excluding hydrogens is 214 g/mol. The van der Waals surface area contributed by atoms with Crippen molar-refractivity contribution in [3.05, 3.63) is 0 Å². The molecule has 0 aromatic heterocycles. The lowest BCUT2D eigenvalue weighted by atomic mass is 9.97. The van der Waals surface area contributed by atoms with Crippen LogP contribution in [0.2, 0.25) is 0 Å². The van der Waals surface area contributed by atoms with Gasteiger partial charge < -0.3 is 15.2 Å². The van der Waals surface area contributed by atoms with Crippen LogP contribution in [0.3, 0.4) is 0 Å². The average Bonchev–Trinajstić information content (AvgIpc) is 2.60. The Kier molecular flexibility index (Phi) is 4.99. The molecule has 0 radical (unpaired) electrons. The first kappa shape index (κ1) is 14.9. The van der Waals surface area contributed by atoms with Crippen LogP contribution in [0.5, 0.6) is 0 Å². The highest BCUT2D eigenvalue weighted by Crippen LogP contribution is 2.34. The zero-order chi connectivity index (χ0) is 13.1. The number of nitrogens with one attached hydrogen (secondary N) is 1. The molecule has 0 heterocycles. The maximum atomic E-state index is 9.62. The van der Waals surface area contributed by atoms with Gasteiger partial charge in [0, 0.05) is 11.6 Å². The Hall–Kier alpha value is -0.120. The van der Waals surface area contributed by atoms with E-state index in [0.29, 0.717) is 6.04 Å². The zero-order valence-electron chi connectivity index (χ0n) is 12.0. The summed E-state index contributed by atoms with van der Waals surface area (Å²) in [5.41, 5.74) is -0.170. The third-order valence-electron chi connectivity index (χ3n) is 3.80. The Morgan fingerprint density at radius 1 is 1.47 bits per heavy atom. The number of ether oxygens (including phenoxy) is 1.